The minimum atomic E-state index is 0.745. The average molecular weight is 209 g/mol. The molecule has 1 N–H and O–H groups in total. The Morgan fingerprint density at radius 3 is 2.33 bits per heavy atom. The van der Waals surface area contributed by atoms with Gasteiger partial charge in [0, 0.05) is 6.04 Å². The SMILES string of the molecule is CC(CC1CCCC1)NCC(C)C1CC1. The third-order valence-electron chi connectivity index (χ3n) is 4.38. The number of rotatable bonds is 6. The van der Waals surface area contributed by atoms with Crippen LogP contribution in [0.3, 0.4) is 0 Å². The molecule has 0 radical (unpaired) electrons. The van der Waals surface area contributed by atoms with Crippen LogP contribution in [0.5, 0.6) is 0 Å². The third-order valence-corrected chi connectivity index (χ3v) is 4.38. The summed E-state index contributed by atoms with van der Waals surface area (Å²) < 4.78 is 0. The van der Waals surface area contributed by atoms with Crippen LogP contribution in [0.15, 0.2) is 0 Å². The molecule has 0 aromatic carbocycles. The average Bonchev–Trinajstić information content (AvgIpc) is 2.95. The van der Waals surface area contributed by atoms with Gasteiger partial charge >= 0.3 is 0 Å². The first-order valence-corrected chi connectivity index (χ1v) is 6.99. The van der Waals surface area contributed by atoms with Crippen LogP contribution in [0.2, 0.25) is 0 Å². The van der Waals surface area contributed by atoms with E-state index in [2.05, 4.69) is 19.2 Å². The van der Waals surface area contributed by atoms with Crippen LogP contribution >= 0.6 is 0 Å². The minimum absolute atomic E-state index is 0.745. The maximum Gasteiger partial charge on any atom is 0.00414 e. The Morgan fingerprint density at radius 2 is 1.73 bits per heavy atom. The lowest BCUT2D eigenvalue weighted by atomic mass is 9.98. The quantitative estimate of drug-likeness (QED) is 0.705. The van der Waals surface area contributed by atoms with E-state index in [4.69, 9.17) is 0 Å². The van der Waals surface area contributed by atoms with Gasteiger partial charge in [-0.05, 0) is 50.5 Å². The first-order chi connectivity index (χ1) is 7.25. The number of hydrogen-bond acceptors (Lipinski definition) is 1. The predicted molar refractivity (Wildman–Crippen MR) is 65.9 cm³/mol. The van der Waals surface area contributed by atoms with Gasteiger partial charge in [0.15, 0.2) is 0 Å². The van der Waals surface area contributed by atoms with Crippen LogP contribution in [0, 0.1) is 17.8 Å². The maximum absolute atomic E-state index is 3.73. The van der Waals surface area contributed by atoms with Crippen molar-refractivity contribution in [1.29, 1.82) is 0 Å². The van der Waals surface area contributed by atoms with E-state index in [0.717, 1.165) is 23.8 Å². The first kappa shape index (κ1) is 11.4. The van der Waals surface area contributed by atoms with E-state index in [-0.39, 0.29) is 0 Å². The van der Waals surface area contributed by atoms with Gasteiger partial charge in [-0.2, -0.15) is 0 Å². The predicted octanol–water partition coefficient (Wildman–Crippen LogP) is 3.59. The lowest BCUT2D eigenvalue weighted by Crippen LogP contribution is -2.32. The van der Waals surface area contributed by atoms with Crippen LogP contribution in [0.4, 0.5) is 0 Å². The van der Waals surface area contributed by atoms with E-state index in [9.17, 15) is 0 Å². The van der Waals surface area contributed by atoms with Crippen molar-refractivity contribution in [1.82, 2.24) is 5.32 Å². The molecule has 0 aliphatic heterocycles. The van der Waals surface area contributed by atoms with Crippen LogP contribution < -0.4 is 5.32 Å². The molecule has 2 fully saturated rings. The molecule has 2 atom stereocenters. The van der Waals surface area contributed by atoms with E-state index >= 15 is 0 Å². The second-order valence-corrected chi connectivity index (χ2v) is 6.01. The molecule has 1 heteroatoms. The normalized spacial score (nSPS) is 26.8. The van der Waals surface area contributed by atoms with Gasteiger partial charge in [0.1, 0.15) is 0 Å². The fourth-order valence-electron chi connectivity index (χ4n) is 3.05. The molecule has 0 amide bonds. The van der Waals surface area contributed by atoms with Gasteiger partial charge in [-0.1, -0.05) is 32.6 Å². The standard InChI is InChI=1S/C14H27N/c1-11(14-7-8-14)10-15-12(2)9-13-5-3-4-6-13/h11-15H,3-10H2,1-2H3. The van der Waals surface area contributed by atoms with E-state index in [1.165, 1.54) is 51.5 Å². The molecular weight excluding hydrogens is 182 g/mol. The van der Waals surface area contributed by atoms with Gasteiger partial charge in [0.05, 0.1) is 0 Å². The molecule has 2 aliphatic carbocycles. The van der Waals surface area contributed by atoms with Crippen LogP contribution in [-0.4, -0.2) is 12.6 Å². The summed E-state index contributed by atoms with van der Waals surface area (Å²) in [6, 6.07) is 0.745. The number of hydrogen-bond donors (Lipinski definition) is 1. The summed E-state index contributed by atoms with van der Waals surface area (Å²) in [7, 11) is 0. The topological polar surface area (TPSA) is 12.0 Å². The monoisotopic (exact) mass is 209 g/mol. The summed E-state index contributed by atoms with van der Waals surface area (Å²) in [4.78, 5) is 0. The Morgan fingerprint density at radius 1 is 1.07 bits per heavy atom. The zero-order valence-electron chi connectivity index (χ0n) is 10.5. The van der Waals surface area contributed by atoms with Gasteiger partial charge in [0.2, 0.25) is 0 Å². The summed E-state index contributed by atoms with van der Waals surface area (Å²) >= 11 is 0. The van der Waals surface area contributed by atoms with Gasteiger partial charge in [-0.3, -0.25) is 0 Å². The van der Waals surface area contributed by atoms with Crippen molar-refractivity contribution in [2.24, 2.45) is 17.8 Å². The summed E-state index contributed by atoms with van der Waals surface area (Å²) in [5.74, 6) is 3.00. The van der Waals surface area contributed by atoms with Crippen molar-refractivity contribution < 1.29 is 0 Å². The fourth-order valence-corrected chi connectivity index (χ4v) is 3.05. The van der Waals surface area contributed by atoms with Gasteiger partial charge in [-0.15, -0.1) is 0 Å². The lowest BCUT2D eigenvalue weighted by Gasteiger charge is -2.20. The lowest BCUT2D eigenvalue weighted by molar-refractivity contribution is 0.369. The molecule has 0 spiro atoms. The maximum atomic E-state index is 3.73. The summed E-state index contributed by atoms with van der Waals surface area (Å²) in [5.41, 5.74) is 0. The molecule has 2 unspecified atom stereocenters. The van der Waals surface area contributed by atoms with E-state index in [0.29, 0.717) is 0 Å². The van der Waals surface area contributed by atoms with Crippen molar-refractivity contribution in [3.05, 3.63) is 0 Å². The Hall–Kier alpha value is -0.0400. The Labute approximate surface area is 95.0 Å². The van der Waals surface area contributed by atoms with Crippen LogP contribution in [-0.2, 0) is 0 Å². The molecule has 2 aliphatic rings. The molecule has 0 aromatic heterocycles. The highest BCUT2D eigenvalue weighted by Crippen LogP contribution is 2.36. The van der Waals surface area contributed by atoms with Crippen LogP contribution in [0.25, 0.3) is 0 Å². The summed E-state index contributed by atoms with van der Waals surface area (Å²) in [6.45, 7) is 6.03. The molecule has 1 nitrogen and oxygen atoms in total. The summed E-state index contributed by atoms with van der Waals surface area (Å²) in [6.07, 6.45) is 10.3. The van der Waals surface area contributed by atoms with Crippen molar-refractivity contribution in [2.45, 2.75) is 64.8 Å². The Balaban J connectivity index is 1.56. The van der Waals surface area contributed by atoms with E-state index in [1.807, 2.05) is 0 Å². The van der Waals surface area contributed by atoms with Gasteiger partial charge in [0.25, 0.3) is 0 Å². The largest absolute Gasteiger partial charge is 0.314 e. The van der Waals surface area contributed by atoms with Crippen molar-refractivity contribution >= 4 is 0 Å². The second-order valence-electron chi connectivity index (χ2n) is 6.01. The zero-order chi connectivity index (χ0) is 10.7. The molecular formula is C14H27N. The van der Waals surface area contributed by atoms with E-state index in [1.54, 1.807) is 0 Å². The summed E-state index contributed by atoms with van der Waals surface area (Å²) in [5, 5.41) is 3.73. The fraction of sp³-hybridized carbons (Fsp3) is 1.00. The van der Waals surface area contributed by atoms with Crippen LogP contribution in [0.1, 0.15) is 58.8 Å². The van der Waals surface area contributed by atoms with Gasteiger partial charge in [-0.25, -0.2) is 0 Å². The first-order valence-electron chi connectivity index (χ1n) is 6.99. The molecule has 15 heavy (non-hydrogen) atoms. The molecule has 0 heterocycles. The second kappa shape index (κ2) is 5.34. The van der Waals surface area contributed by atoms with Crippen molar-refractivity contribution in [2.75, 3.05) is 6.54 Å². The minimum Gasteiger partial charge on any atom is -0.314 e. The van der Waals surface area contributed by atoms with Gasteiger partial charge < -0.3 is 5.32 Å². The molecule has 2 saturated carbocycles. The van der Waals surface area contributed by atoms with Crippen molar-refractivity contribution in [3.8, 4) is 0 Å². The molecule has 0 aromatic rings. The Bertz CT molecular complexity index is 180. The molecule has 88 valence electrons. The number of nitrogens with one attached hydrogen (secondary N) is 1. The highest BCUT2D eigenvalue weighted by atomic mass is 14.9. The third kappa shape index (κ3) is 3.79. The highest BCUT2D eigenvalue weighted by molar-refractivity contribution is 4.81. The molecule has 0 saturated heterocycles. The zero-order valence-corrected chi connectivity index (χ0v) is 10.5. The smallest absolute Gasteiger partial charge is 0.00414 e. The molecule has 2 rings (SSSR count). The Kier molecular flexibility index (Phi) is 4.07. The van der Waals surface area contributed by atoms with Crippen molar-refractivity contribution in [3.63, 3.8) is 0 Å². The van der Waals surface area contributed by atoms with E-state index < -0.39 is 0 Å². The molecule has 0 bridgehead atoms. The highest BCUT2D eigenvalue weighted by Gasteiger charge is 2.27.